The predicted octanol–water partition coefficient (Wildman–Crippen LogP) is 3.49. The number of aromatic nitrogens is 3. The number of pyridine rings is 1. The second-order valence-electron chi connectivity index (χ2n) is 11.2. The summed E-state index contributed by atoms with van der Waals surface area (Å²) in [5.74, 6) is -2.07. The van der Waals surface area contributed by atoms with Gasteiger partial charge in [-0.15, -0.1) is 0 Å². The van der Waals surface area contributed by atoms with E-state index in [2.05, 4.69) is 21.4 Å². The van der Waals surface area contributed by atoms with Crippen molar-refractivity contribution in [3.8, 4) is 11.1 Å². The maximum atomic E-state index is 15.6. The Kier molecular flexibility index (Phi) is 7.99. The fourth-order valence-corrected chi connectivity index (χ4v) is 6.91. The van der Waals surface area contributed by atoms with E-state index in [0.717, 1.165) is 37.7 Å². The molecular weight excluding hydrogens is 611 g/mol. The minimum Gasteiger partial charge on any atom is -0.354 e. The second-order valence-corrected chi connectivity index (χ2v) is 12.9. The molecule has 1 saturated heterocycles. The van der Waals surface area contributed by atoms with Crippen LogP contribution in [0.2, 0.25) is 0 Å². The van der Waals surface area contributed by atoms with Gasteiger partial charge in [-0.25, -0.2) is 18.2 Å². The average Bonchev–Trinajstić information content (AvgIpc) is 3.64. The van der Waals surface area contributed by atoms with Crippen LogP contribution in [0.15, 0.2) is 47.4 Å². The average molecular weight is 642 g/mol. The fraction of sp³-hybridized carbons (Fsp3) is 0.333. The molecule has 2 N–H and O–H groups in total. The van der Waals surface area contributed by atoms with Crippen molar-refractivity contribution >= 4 is 38.8 Å². The number of fused-ring (bicyclic) bond motifs is 2. The molecular formula is C30H30F3N7O4S. The largest absolute Gasteiger partial charge is 0.354 e. The SMILES string of the molecule is CC(=O)N1Cc2ccc(CCNc3ncc4cc(-c5c(F)ccc(NS(=O)(=O)N6CCC(F)C6)c5F)c(=O)n(C)c4n3)cc2C1. The van der Waals surface area contributed by atoms with Crippen molar-refractivity contribution in [3.05, 3.63) is 81.3 Å². The Balaban J connectivity index is 1.21. The second kappa shape index (κ2) is 11.8. The molecule has 11 nitrogen and oxygen atoms in total. The molecule has 45 heavy (non-hydrogen) atoms. The van der Waals surface area contributed by atoms with E-state index in [4.69, 9.17) is 0 Å². The van der Waals surface area contributed by atoms with E-state index in [9.17, 15) is 22.4 Å². The minimum atomic E-state index is -4.32. The van der Waals surface area contributed by atoms with Crippen molar-refractivity contribution in [1.29, 1.82) is 0 Å². The van der Waals surface area contributed by atoms with Crippen molar-refractivity contribution in [1.82, 2.24) is 23.7 Å². The van der Waals surface area contributed by atoms with E-state index >= 15 is 8.78 Å². The zero-order valence-electron chi connectivity index (χ0n) is 24.5. The molecule has 2 aliphatic rings. The molecule has 0 radical (unpaired) electrons. The highest BCUT2D eigenvalue weighted by Gasteiger charge is 2.32. The van der Waals surface area contributed by atoms with Crippen LogP contribution in [0, 0.1) is 11.6 Å². The molecule has 1 amide bonds. The first-order chi connectivity index (χ1) is 21.4. The summed E-state index contributed by atoms with van der Waals surface area (Å²) >= 11 is 0. The van der Waals surface area contributed by atoms with Gasteiger partial charge in [0, 0.05) is 58.3 Å². The number of rotatable bonds is 8. The summed E-state index contributed by atoms with van der Waals surface area (Å²) in [7, 11) is -2.91. The lowest BCUT2D eigenvalue weighted by atomic mass is 10.0. The molecule has 1 unspecified atom stereocenters. The maximum Gasteiger partial charge on any atom is 0.301 e. The molecule has 6 rings (SSSR count). The Morgan fingerprint density at radius 3 is 2.62 bits per heavy atom. The van der Waals surface area contributed by atoms with Gasteiger partial charge >= 0.3 is 10.2 Å². The van der Waals surface area contributed by atoms with Crippen LogP contribution in [0.25, 0.3) is 22.2 Å². The van der Waals surface area contributed by atoms with E-state index in [1.807, 2.05) is 16.9 Å². The van der Waals surface area contributed by atoms with E-state index in [0.29, 0.717) is 31.4 Å². The van der Waals surface area contributed by atoms with Crippen molar-refractivity contribution in [2.75, 3.05) is 29.7 Å². The third kappa shape index (κ3) is 5.96. The van der Waals surface area contributed by atoms with Crippen molar-refractivity contribution < 1.29 is 26.4 Å². The quantitative estimate of drug-likeness (QED) is 0.301. The fourth-order valence-electron chi connectivity index (χ4n) is 5.64. The highest BCUT2D eigenvalue weighted by Crippen LogP contribution is 2.32. The molecule has 236 valence electrons. The molecule has 0 aliphatic carbocycles. The Hall–Kier alpha value is -4.50. The standard InChI is InChI=1S/C30H30F3N7O4S/c1-17(41)39-14-19-4-3-18(11-21(19)15-39)7-9-34-30-35-13-20-12-23(29(42)38(2)28(20)36-30)26-24(32)5-6-25(27(26)33)37-45(43,44)40-10-8-22(31)16-40/h3-6,11-13,22,37H,7-10,14-16H2,1-2H3,(H,34,35,36). The summed E-state index contributed by atoms with van der Waals surface area (Å²) in [4.78, 5) is 35.6. The molecule has 0 saturated carbocycles. The highest BCUT2D eigenvalue weighted by molar-refractivity contribution is 7.90. The van der Waals surface area contributed by atoms with Gasteiger partial charge < -0.3 is 10.2 Å². The number of anilines is 2. The lowest BCUT2D eigenvalue weighted by molar-refractivity contribution is -0.129. The smallest absolute Gasteiger partial charge is 0.301 e. The molecule has 2 aromatic carbocycles. The summed E-state index contributed by atoms with van der Waals surface area (Å²) in [5.41, 5.74) is 1.13. The summed E-state index contributed by atoms with van der Waals surface area (Å²) in [6.07, 6.45) is 0.751. The number of carbonyl (C=O) groups is 1. The van der Waals surface area contributed by atoms with Crippen molar-refractivity contribution in [2.24, 2.45) is 7.05 Å². The first kappa shape index (κ1) is 30.5. The van der Waals surface area contributed by atoms with Crippen LogP contribution in [0.3, 0.4) is 0 Å². The van der Waals surface area contributed by atoms with Crippen LogP contribution in [0.1, 0.15) is 30.0 Å². The van der Waals surface area contributed by atoms with Gasteiger partial charge in [0.1, 0.15) is 17.6 Å². The van der Waals surface area contributed by atoms with Crippen molar-refractivity contribution in [3.63, 3.8) is 0 Å². The van der Waals surface area contributed by atoms with E-state index in [1.165, 1.54) is 19.3 Å². The minimum absolute atomic E-state index is 0.0151. The molecule has 0 bridgehead atoms. The van der Waals surface area contributed by atoms with E-state index in [-0.39, 0.29) is 42.6 Å². The van der Waals surface area contributed by atoms with Crippen LogP contribution in [0.4, 0.5) is 24.8 Å². The lowest BCUT2D eigenvalue weighted by Crippen LogP contribution is -2.34. The number of hydrogen-bond acceptors (Lipinski definition) is 7. The van der Waals surface area contributed by atoms with E-state index < -0.39 is 44.8 Å². The predicted molar refractivity (Wildman–Crippen MR) is 162 cm³/mol. The first-order valence-electron chi connectivity index (χ1n) is 14.3. The van der Waals surface area contributed by atoms with Crippen molar-refractivity contribution in [2.45, 2.75) is 39.0 Å². The first-order valence-corrected chi connectivity index (χ1v) is 15.7. The molecule has 2 aromatic heterocycles. The van der Waals surface area contributed by atoms with Crippen LogP contribution in [-0.2, 0) is 41.6 Å². The highest BCUT2D eigenvalue weighted by atomic mass is 32.2. The number of carbonyl (C=O) groups excluding carboxylic acids is 1. The number of nitrogens with zero attached hydrogens (tertiary/aromatic N) is 5. The number of amides is 1. The van der Waals surface area contributed by atoms with Gasteiger partial charge in [0.25, 0.3) is 5.56 Å². The normalized spacial score (nSPS) is 16.7. The Morgan fingerprint density at radius 2 is 1.89 bits per heavy atom. The van der Waals surface area contributed by atoms with Gasteiger partial charge in [0.15, 0.2) is 5.82 Å². The summed E-state index contributed by atoms with van der Waals surface area (Å²) in [6.45, 7) is 2.78. The van der Waals surface area contributed by atoms with Gasteiger partial charge in [0.2, 0.25) is 11.9 Å². The third-order valence-corrected chi connectivity index (χ3v) is 9.61. The number of benzene rings is 2. The zero-order valence-corrected chi connectivity index (χ0v) is 25.3. The molecule has 1 fully saturated rings. The number of halogens is 3. The summed E-state index contributed by atoms with van der Waals surface area (Å²) in [6, 6.07) is 9.13. The molecule has 4 aromatic rings. The lowest BCUT2D eigenvalue weighted by Gasteiger charge is -2.18. The molecule has 0 spiro atoms. The van der Waals surface area contributed by atoms with Crippen LogP contribution in [-0.4, -0.2) is 63.9 Å². The summed E-state index contributed by atoms with van der Waals surface area (Å²) in [5, 5.41) is 3.45. The molecule has 15 heteroatoms. The molecule has 4 heterocycles. The molecule has 1 atom stereocenters. The van der Waals surface area contributed by atoms with Gasteiger partial charge in [-0.3, -0.25) is 18.9 Å². The van der Waals surface area contributed by atoms with Gasteiger partial charge in [0.05, 0.1) is 16.8 Å². The third-order valence-electron chi connectivity index (χ3n) is 8.12. The molecule has 2 aliphatic heterocycles. The topological polar surface area (TPSA) is 130 Å². The number of aryl methyl sites for hydroxylation is 1. The maximum absolute atomic E-state index is 15.6. The number of alkyl halides is 1. The monoisotopic (exact) mass is 641 g/mol. The number of nitrogens with one attached hydrogen (secondary N) is 2. The zero-order chi connectivity index (χ0) is 32.0. The van der Waals surface area contributed by atoms with Crippen LogP contribution in [0.5, 0.6) is 0 Å². The van der Waals surface area contributed by atoms with E-state index in [1.54, 1.807) is 11.8 Å². The van der Waals surface area contributed by atoms with Crippen LogP contribution >= 0.6 is 0 Å². The summed E-state index contributed by atoms with van der Waals surface area (Å²) < 4.78 is 73.6. The Labute approximate surface area is 256 Å². The van der Waals surface area contributed by atoms with Gasteiger partial charge in [-0.05, 0) is 47.7 Å². The Bertz CT molecular complexity index is 2000. The van der Waals surface area contributed by atoms with Gasteiger partial charge in [-0.2, -0.15) is 17.7 Å². The Morgan fingerprint density at radius 1 is 1.11 bits per heavy atom. The van der Waals surface area contributed by atoms with Crippen LogP contribution < -0.4 is 15.6 Å². The number of hydrogen-bond donors (Lipinski definition) is 2. The van der Waals surface area contributed by atoms with Gasteiger partial charge in [-0.1, -0.05) is 18.2 Å².